The third-order valence-electron chi connectivity index (χ3n) is 2.93. The highest BCUT2D eigenvalue weighted by Crippen LogP contribution is 2.27. The van der Waals surface area contributed by atoms with Crippen molar-refractivity contribution in [1.29, 1.82) is 0 Å². The number of aromatic nitrogens is 3. The maximum Gasteiger partial charge on any atom is 0.0948 e. The van der Waals surface area contributed by atoms with Crippen LogP contribution in [-0.2, 0) is 6.54 Å². The Morgan fingerprint density at radius 3 is 2.95 bits per heavy atom. The lowest BCUT2D eigenvalue weighted by atomic mass is 10.2. The average molecular weight is 273 g/mol. The predicted molar refractivity (Wildman–Crippen MR) is 77.5 cm³/mol. The van der Waals surface area contributed by atoms with Gasteiger partial charge in [0.2, 0.25) is 0 Å². The zero-order valence-corrected chi connectivity index (χ0v) is 11.0. The van der Waals surface area contributed by atoms with Crippen molar-refractivity contribution >= 4 is 28.2 Å². The van der Waals surface area contributed by atoms with Gasteiger partial charge in [-0.25, -0.2) is 0 Å². The summed E-state index contributed by atoms with van der Waals surface area (Å²) >= 11 is 6.16. The fourth-order valence-electron chi connectivity index (χ4n) is 2.02. The van der Waals surface area contributed by atoms with E-state index in [1.165, 1.54) is 0 Å². The summed E-state index contributed by atoms with van der Waals surface area (Å²) in [6, 6.07) is 9.63. The molecule has 0 aliphatic carbocycles. The Labute approximate surface area is 116 Å². The molecular formula is C14H13ClN4. The van der Waals surface area contributed by atoms with E-state index in [1.54, 1.807) is 12.4 Å². The molecule has 0 atom stereocenters. The number of hydrogen-bond acceptors (Lipinski definition) is 3. The summed E-state index contributed by atoms with van der Waals surface area (Å²) in [4.78, 5) is 4.39. The number of pyridine rings is 1. The van der Waals surface area contributed by atoms with Crippen LogP contribution in [0.1, 0.15) is 0 Å². The van der Waals surface area contributed by atoms with E-state index in [0.29, 0.717) is 0 Å². The van der Waals surface area contributed by atoms with Crippen molar-refractivity contribution in [2.75, 3.05) is 11.9 Å². The fourth-order valence-corrected chi connectivity index (χ4v) is 2.23. The quantitative estimate of drug-likeness (QED) is 0.793. The molecule has 19 heavy (non-hydrogen) atoms. The van der Waals surface area contributed by atoms with Crippen LogP contribution >= 0.6 is 11.6 Å². The lowest BCUT2D eigenvalue weighted by Crippen LogP contribution is -2.11. The maximum atomic E-state index is 6.16. The smallest absolute Gasteiger partial charge is 0.0948 e. The molecule has 96 valence electrons. The Balaban J connectivity index is 1.79. The fraction of sp³-hybridized carbons (Fsp3) is 0.143. The van der Waals surface area contributed by atoms with Crippen LogP contribution in [0.4, 0.5) is 5.69 Å². The number of anilines is 1. The van der Waals surface area contributed by atoms with Crippen molar-refractivity contribution in [3.8, 4) is 0 Å². The van der Waals surface area contributed by atoms with Gasteiger partial charge in [-0.2, -0.15) is 5.10 Å². The highest BCUT2D eigenvalue weighted by Gasteiger charge is 2.04. The summed E-state index contributed by atoms with van der Waals surface area (Å²) in [5.41, 5.74) is 1.89. The maximum absolute atomic E-state index is 6.16. The van der Waals surface area contributed by atoms with Crippen molar-refractivity contribution in [1.82, 2.24) is 14.8 Å². The van der Waals surface area contributed by atoms with Gasteiger partial charge in [-0.3, -0.25) is 9.67 Å². The highest BCUT2D eigenvalue weighted by atomic mass is 35.5. The van der Waals surface area contributed by atoms with Crippen LogP contribution < -0.4 is 5.32 Å². The molecule has 0 amide bonds. The van der Waals surface area contributed by atoms with Gasteiger partial charge in [-0.15, -0.1) is 0 Å². The molecule has 0 aliphatic heterocycles. The molecule has 2 heterocycles. The molecule has 4 nitrogen and oxygen atoms in total. The Morgan fingerprint density at radius 1 is 1.16 bits per heavy atom. The molecule has 3 rings (SSSR count). The zero-order chi connectivity index (χ0) is 13.1. The van der Waals surface area contributed by atoms with E-state index in [0.717, 1.165) is 34.7 Å². The second-order valence-electron chi connectivity index (χ2n) is 4.19. The first-order valence-electron chi connectivity index (χ1n) is 6.09. The summed E-state index contributed by atoms with van der Waals surface area (Å²) in [7, 11) is 0. The number of nitrogens with zero attached hydrogens (tertiary/aromatic N) is 3. The molecule has 3 aromatic rings. The van der Waals surface area contributed by atoms with Crippen LogP contribution in [0.2, 0.25) is 5.02 Å². The molecule has 0 saturated heterocycles. The third-order valence-corrected chi connectivity index (χ3v) is 3.26. The van der Waals surface area contributed by atoms with E-state index < -0.39 is 0 Å². The number of benzene rings is 1. The van der Waals surface area contributed by atoms with Crippen LogP contribution in [0.15, 0.2) is 48.9 Å². The first kappa shape index (κ1) is 12.0. The molecule has 2 aromatic heterocycles. The van der Waals surface area contributed by atoms with Gasteiger partial charge in [-0.05, 0) is 30.3 Å². The normalized spacial score (nSPS) is 10.8. The number of rotatable bonds is 4. The number of hydrogen-bond donors (Lipinski definition) is 1. The summed E-state index contributed by atoms with van der Waals surface area (Å²) in [5, 5.41) is 9.22. The molecule has 0 fully saturated rings. The van der Waals surface area contributed by atoms with E-state index in [2.05, 4.69) is 15.4 Å². The second kappa shape index (κ2) is 5.28. The third kappa shape index (κ3) is 2.53. The largest absolute Gasteiger partial charge is 0.381 e. The minimum absolute atomic E-state index is 0.723. The summed E-state index contributed by atoms with van der Waals surface area (Å²) in [5.74, 6) is 0. The van der Waals surface area contributed by atoms with Gasteiger partial charge in [0.1, 0.15) is 0 Å². The Kier molecular flexibility index (Phi) is 3.33. The minimum Gasteiger partial charge on any atom is -0.381 e. The predicted octanol–water partition coefficient (Wildman–Crippen LogP) is 3.20. The number of nitrogens with one attached hydrogen (secondary N) is 1. The first-order chi connectivity index (χ1) is 9.34. The van der Waals surface area contributed by atoms with Crippen molar-refractivity contribution < 1.29 is 0 Å². The molecule has 1 N–H and O–H groups in total. The Morgan fingerprint density at radius 2 is 2.11 bits per heavy atom. The van der Waals surface area contributed by atoms with E-state index in [4.69, 9.17) is 11.6 Å². The van der Waals surface area contributed by atoms with Crippen LogP contribution in [0.25, 0.3) is 10.9 Å². The van der Waals surface area contributed by atoms with E-state index >= 15 is 0 Å². The van der Waals surface area contributed by atoms with Crippen molar-refractivity contribution in [2.24, 2.45) is 0 Å². The molecule has 0 bridgehead atoms. The monoisotopic (exact) mass is 272 g/mol. The molecule has 0 radical (unpaired) electrons. The summed E-state index contributed by atoms with van der Waals surface area (Å²) in [6.07, 6.45) is 5.50. The van der Waals surface area contributed by atoms with Crippen LogP contribution in [0, 0.1) is 0 Å². The molecular weight excluding hydrogens is 260 g/mol. The lowest BCUT2D eigenvalue weighted by Gasteiger charge is -2.10. The van der Waals surface area contributed by atoms with Crippen LogP contribution in [0.3, 0.4) is 0 Å². The van der Waals surface area contributed by atoms with Crippen molar-refractivity contribution in [3.05, 3.63) is 53.9 Å². The van der Waals surface area contributed by atoms with Crippen molar-refractivity contribution in [2.45, 2.75) is 6.54 Å². The van der Waals surface area contributed by atoms with Crippen LogP contribution in [0.5, 0.6) is 0 Å². The summed E-state index contributed by atoms with van der Waals surface area (Å²) < 4.78 is 1.89. The topological polar surface area (TPSA) is 42.7 Å². The second-order valence-corrected chi connectivity index (χ2v) is 4.60. The molecule has 5 heteroatoms. The minimum atomic E-state index is 0.723. The summed E-state index contributed by atoms with van der Waals surface area (Å²) in [6.45, 7) is 1.60. The van der Waals surface area contributed by atoms with Gasteiger partial charge in [0, 0.05) is 30.5 Å². The van der Waals surface area contributed by atoms with E-state index in [1.807, 2.05) is 41.2 Å². The van der Waals surface area contributed by atoms with Crippen LogP contribution in [-0.4, -0.2) is 21.3 Å². The lowest BCUT2D eigenvalue weighted by molar-refractivity contribution is 0.638. The van der Waals surface area contributed by atoms with Gasteiger partial charge in [0.25, 0.3) is 0 Å². The van der Waals surface area contributed by atoms with Gasteiger partial charge in [-0.1, -0.05) is 11.6 Å². The standard InChI is InChI=1S/C14H13ClN4/c15-12-4-5-13(14-11(12)3-1-6-17-14)16-8-10-19-9-2-7-18-19/h1-7,9,16H,8,10H2. The van der Waals surface area contributed by atoms with Crippen molar-refractivity contribution in [3.63, 3.8) is 0 Å². The zero-order valence-electron chi connectivity index (χ0n) is 10.3. The number of halogens is 1. The Hall–Kier alpha value is -2.07. The molecule has 0 spiro atoms. The Bertz CT molecular complexity index is 679. The molecule has 0 unspecified atom stereocenters. The van der Waals surface area contributed by atoms with E-state index in [-0.39, 0.29) is 0 Å². The SMILES string of the molecule is Clc1ccc(NCCn2cccn2)c2ncccc12. The van der Waals surface area contributed by atoms with Gasteiger partial charge >= 0.3 is 0 Å². The molecule has 0 aliphatic rings. The average Bonchev–Trinajstić information content (AvgIpc) is 2.95. The van der Waals surface area contributed by atoms with Gasteiger partial charge in [0.15, 0.2) is 0 Å². The first-order valence-corrected chi connectivity index (χ1v) is 6.47. The number of fused-ring (bicyclic) bond motifs is 1. The molecule has 1 aromatic carbocycles. The molecule has 0 saturated carbocycles. The van der Waals surface area contributed by atoms with Gasteiger partial charge in [0.05, 0.1) is 22.8 Å². The van der Waals surface area contributed by atoms with E-state index in [9.17, 15) is 0 Å². The van der Waals surface area contributed by atoms with Gasteiger partial charge < -0.3 is 5.32 Å². The highest BCUT2D eigenvalue weighted by molar-refractivity contribution is 6.35.